The number of thioether (sulfide) groups is 1. The minimum Gasteiger partial charge on any atom is -0.325 e. The number of hydrogen-bond donors (Lipinski definition) is 1. The molecule has 0 aromatic heterocycles. The minimum absolute atomic E-state index is 0.0797. The first-order valence-electron chi connectivity index (χ1n) is 9.99. The van der Waals surface area contributed by atoms with Gasteiger partial charge >= 0.3 is 0 Å². The molecule has 0 radical (unpaired) electrons. The standard InChI is InChI=1S/C23H24N4O2S/c1-13(2)19-22(29)27-20(26-19)17-10-5-6-11-18(17)25-23(27)30-15(4)21(28)24-16-9-7-8-14(3)12-16/h5-13,15,19H,1-4H3,(H,24,28)/t15-,19+/m0/s1. The molecule has 2 aliphatic rings. The summed E-state index contributed by atoms with van der Waals surface area (Å²) in [4.78, 5) is 36.9. The Morgan fingerprint density at radius 1 is 1.13 bits per heavy atom. The summed E-state index contributed by atoms with van der Waals surface area (Å²) in [6.45, 7) is 7.76. The summed E-state index contributed by atoms with van der Waals surface area (Å²) in [5.41, 5.74) is 3.43. The molecular weight excluding hydrogens is 396 g/mol. The number of para-hydroxylation sites is 1. The fraction of sp³-hybridized carbons (Fsp3) is 0.304. The molecule has 0 unspecified atom stereocenters. The van der Waals surface area contributed by atoms with Crippen molar-refractivity contribution in [3.05, 3.63) is 59.7 Å². The van der Waals surface area contributed by atoms with E-state index in [9.17, 15) is 9.59 Å². The molecule has 0 spiro atoms. The maximum Gasteiger partial charge on any atom is 0.259 e. The van der Waals surface area contributed by atoms with Crippen LogP contribution >= 0.6 is 11.8 Å². The third kappa shape index (κ3) is 3.77. The summed E-state index contributed by atoms with van der Waals surface area (Å²) in [6.07, 6.45) is 0. The van der Waals surface area contributed by atoms with Gasteiger partial charge in [0.25, 0.3) is 5.91 Å². The molecule has 6 nitrogen and oxygen atoms in total. The van der Waals surface area contributed by atoms with Gasteiger partial charge in [0, 0.05) is 11.3 Å². The molecule has 2 aliphatic heterocycles. The highest BCUT2D eigenvalue weighted by molar-refractivity contribution is 8.15. The first-order chi connectivity index (χ1) is 14.3. The Bertz CT molecular complexity index is 1080. The summed E-state index contributed by atoms with van der Waals surface area (Å²) >= 11 is 1.27. The van der Waals surface area contributed by atoms with Crippen LogP contribution in [0.4, 0.5) is 11.4 Å². The number of aryl methyl sites for hydroxylation is 1. The first kappa shape index (κ1) is 20.3. The van der Waals surface area contributed by atoms with Crippen LogP contribution in [0.3, 0.4) is 0 Å². The van der Waals surface area contributed by atoms with Gasteiger partial charge in [0.2, 0.25) is 5.91 Å². The zero-order valence-electron chi connectivity index (χ0n) is 17.4. The van der Waals surface area contributed by atoms with E-state index >= 15 is 0 Å². The van der Waals surface area contributed by atoms with Crippen LogP contribution in [0.1, 0.15) is 31.9 Å². The van der Waals surface area contributed by atoms with E-state index < -0.39 is 11.3 Å². The van der Waals surface area contributed by atoms with Gasteiger partial charge in [-0.3, -0.25) is 14.6 Å². The fourth-order valence-corrected chi connectivity index (χ4v) is 4.38. The number of nitrogens with one attached hydrogen (secondary N) is 1. The highest BCUT2D eigenvalue weighted by Gasteiger charge is 2.43. The number of benzene rings is 2. The van der Waals surface area contributed by atoms with Crippen LogP contribution in [0.2, 0.25) is 0 Å². The molecule has 30 heavy (non-hydrogen) atoms. The largest absolute Gasteiger partial charge is 0.325 e. The Hall–Kier alpha value is -2.93. The molecule has 0 saturated heterocycles. The van der Waals surface area contributed by atoms with E-state index in [1.54, 1.807) is 4.90 Å². The Morgan fingerprint density at radius 2 is 1.90 bits per heavy atom. The van der Waals surface area contributed by atoms with Gasteiger partial charge in [-0.2, -0.15) is 0 Å². The molecule has 0 saturated carbocycles. The van der Waals surface area contributed by atoms with E-state index in [1.807, 2.05) is 76.2 Å². The molecule has 2 aromatic rings. The smallest absolute Gasteiger partial charge is 0.259 e. The van der Waals surface area contributed by atoms with Crippen molar-refractivity contribution in [1.82, 2.24) is 4.90 Å². The molecule has 2 atom stereocenters. The number of fused-ring (bicyclic) bond motifs is 3. The van der Waals surface area contributed by atoms with Crippen LogP contribution in [0, 0.1) is 12.8 Å². The maximum absolute atomic E-state index is 13.1. The molecular formula is C23H24N4O2S. The van der Waals surface area contributed by atoms with Gasteiger partial charge in [-0.1, -0.05) is 49.9 Å². The van der Waals surface area contributed by atoms with Gasteiger partial charge in [0.15, 0.2) is 5.17 Å². The molecule has 2 aromatic carbocycles. The second-order valence-electron chi connectivity index (χ2n) is 7.85. The summed E-state index contributed by atoms with van der Waals surface area (Å²) in [6, 6.07) is 14.9. The quantitative estimate of drug-likeness (QED) is 0.798. The molecule has 0 aliphatic carbocycles. The average molecular weight is 421 g/mol. The lowest BCUT2D eigenvalue weighted by atomic mass is 10.1. The number of amides is 2. The van der Waals surface area contributed by atoms with Crippen LogP contribution in [0.15, 0.2) is 58.5 Å². The summed E-state index contributed by atoms with van der Waals surface area (Å²) in [5.74, 6) is 0.471. The van der Waals surface area contributed by atoms with Crippen LogP contribution in [0.5, 0.6) is 0 Å². The van der Waals surface area contributed by atoms with Crippen molar-refractivity contribution in [2.75, 3.05) is 5.32 Å². The number of anilines is 1. The number of rotatable bonds is 4. The highest BCUT2D eigenvalue weighted by atomic mass is 32.2. The average Bonchev–Trinajstić information content (AvgIpc) is 3.06. The number of carbonyl (C=O) groups is 2. The van der Waals surface area contributed by atoms with Gasteiger partial charge < -0.3 is 5.32 Å². The summed E-state index contributed by atoms with van der Waals surface area (Å²) < 4.78 is 0. The Balaban J connectivity index is 1.60. The number of aliphatic imine (C=N–C) groups is 2. The number of carbonyl (C=O) groups excluding carboxylic acids is 2. The monoisotopic (exact) mass is 420 g/mol. The van der Waals surface area contributed by atoms with Crippen molar-refractivity contribution in [3.8, 4) is 0 Å². The molecule has 154 valence electrons. The lowest BCUT2D eigenvalue weighted by Crippen LogP contribution is -2.43. The van der Waals surface area contributed by atoms with Crippen molar-refractivity contribution in [3.63, 3.8) is 0 Å². The zero-order valence-corrected chi connectivity index (χ0v) is 18.2. The Labute approximate surface area is 180 Å². The topological polar surface area (TPSA) is 74.1 Å². The molecule has 0 bridgehead atoms. The maximum atomic E-state index is 13.1. The van der Waals surface area contributed by atoms with Crippen LogP contribution < -0.4 is 5.32 Å². The van der Waals surface area contributed by atoms with Crippen LogP contribution in [-0.4, -0.2) is 39.0 Å². The lowest BCUT2D eigenvalue weighted by molar-refractivity contribution is -0.125. The minimum atomic E-state index is -0.443. The predicted molar refractivity (Wildman–Crippen MR) is 122 cm³/mol. The van der Waals surface area contributed by atoms with E-state index in [0.29, 0.717) is 11.0 Å². The third-order valence-corrected chi connectivity index (χ3v) is 6.12. The number of nitrogens with zero attached hydrogens (tertiary/aromatic N) is 3. The summed E-state index contributed by atoms with van der Waals surface area (Å²) in [7, 11) is 0. The first-order valence-corrected chi connectivity index (χ1v) is 10.9. The Morgan fingerprint density at radius 3 is 2.63 bits per heavy atom. The number of amidine groups is 2. The molecule has 2 heterocycles. The van der Waals surface area contributed by atoms with Crippen molar-refractivity contribution >= 4 is 46.0 Å². The van der Waals surface area contributed by atoms with Gasteiger partial charge in [0.05, 0.1) is 10.9 Å². The Kier molecular flexibility index (Phi) is 5.47. The van der Waals surface area contributed by atoms with Gasteiger partial charge in [-0.25, -0.2) is 9.89 Å². The second kappa shape index (κ2) is 8.07. The number of hydrogen-bond acceptors (Lipinski definition) is 5. The van der Waals surface area contributed by atoms with E-state index in [4.69, 9.17) is 9.98 Å². The third-order valence-electron chi connectivity index (χ3n) is 5.07. The molecule has 7 heteroatoms. The van der Waals surface area contributed by atoms with Crippen molar-refractivity contribution in [2.45, 2.75) is 39.0 Å². The van der Waals surface area contributed by atoms with Crippen LogP contribution in [-0.2, 0) is 9.59 Å². The van der Waals surface area contributed by atoms with Crippen molar-refractivity contribution in [1.29, 1.82) is 0 Å². The van der Waals surface area contributed by atoms with Gasteiger partial charge in [0.1, 0.15) is 11.9 Å². The predicted octanol–water partition coefficient (Wildman–Crippen LogP) is 4.37. The van der Waals surface area contributed by atoms with E-state index in [2.05, 4.69) is 5.32 Å². The molecule has 1 N–H and O–H groups in total. The summed E-state index contributed by atoms with van der Waals surface area (Å²) in [5, 5.41) is 2.99. The van der Waals surface area contributed by atoms with E-state index in [-0.39, 0.29) is 17.7 Å². The lowest BCUT2D eigenvalue weighted by Gasteiger charge is -2.27. The highest BCUT2D eigenvalue weighted by Crippen LogP contribution is 2.35. The van der Waals surface area contributed by atoms with Crippen LogP contribution in [0.25, 0.3) is 0 Å². The molecule has 2 amide bonds. The zero-order chi connectivity index (χ0) is 21.4. The molecule has 4 rings (SSSR count). The van der Waals surface area contributed by atoms with E-state index in [0.717, 1.165) is 22.5 Å². The van der Waals surface area contributed by atoms with Gasteiger partial charge in [-0.05, 0) is 49.6 Å². The van der Waals surface area contributed by atoms with Crippen molar-refractivity contribution < 1.29 is 9.59 Å². The second-order valence-corrected chi connectivity index (χ2v) is 9.15. The normalized spacial score (nSPS) is 18.5. The van der Waals surface area contributed by atoms with Crippen molar-refractivity contribution in [2.24, 2.45) is 15.9 Å². The SMILES string of the molecule is Cc1cccc(NC(=O)[C@H](C)SC2=Nc3ccccc3C3=N[C@H](C(C)C)C(=O)N23)c1. The van der Waals surface area contributed by atoms with Gasteiger partial charge in [-0.15, -0.1) is 0 Å². The fourth-order valence-electron chi connectivity index (χ4n) is 3.46. The van der Waals surface area contributed by atoms with E-state index in [1.165, 1.54) is 11.8 Å². The molecule has 0 fully saturated rings.